The lowest BCUT2D eigenvalue weighted by Gasteiger charge is -2.67. The molecular weight excluding hydrogens is 543 g/mol. The van der Waals surface area contributed by atoms with Crippen LogP contribution in [0.15, 0.2) is 24.3 Å². The van der Waals surface area contributed by atoms with Gasteiger partial charge < -0.3 is 9.80 Å². The Morgan fingerprint density at radius 2 is 1.70 bits per heavy atom. The molecule has 4 fully saturated rings. The summed E-state index contributed by atoms with van der Waals surface area (Å²) in [6.07, 6.45) is 1.97. The number of hydrogen-bond acceptors (Lipinski definition) is 2. The van der Waals surface area contributed by atoms with E-state index < -0.39 is 0 Å². The van der Waals surface area contributed by atoms with E-state index in [1.807, 2.05) is 17.0 Å². The van der Waals surface area contributed by atoms with Crippen molar-refractivity contribution >= 4 is 59.4 Å². The van der Waals surface area contributed by atoms with Gasteiger partial charge in [-0.1, -0.05) is 61.6 Å². The lowest BCUT2D eigenvalue weighted by atomic mass is 9.43. The maximum Gasteiger partial charge on any atom is 0.230 e. The van der Waals surface area contributed by atoms with Crippen LogP contribution in [0.2, 0.25) is 0 Å². The molecule has 1 amide bonds. The van der Waals surface area contributed by atoms with Crippen molar-refractivity contribution in [3.8, 4) is 0 Å². The number of carbonyl (C=O) groups is 1. The summed E-state index contributed by atoms with van der Waals surface area (Å²) in [5.41, 5.74) is 0.672. The fourth-order valence-electron chi connectivity index (χ4n) is 5.77. The monoisotopic (exact) mass is 564 g/mol. The molecule has 27 heavy (non-hydrogen) atoms. The highest BCUT2D eigenvalue weighted by Gasteiger charge is 2.83. The van der Waals surface area contributed by atoms with Crippen LogP contribution in [0.1, 0.15) is 26.7 Å². The Labute approximate surface area is 185 Å². The summed E-state index contributed by atoms with van der Waals surface area (Å²) >= 11 is 11.4. The van der Waals surface area contributed by atoms with Crippen molar-refractivity contribution in [2.24, 2.45) is 16.2 Å². The van der Waals surface area contributed by atoms with E-state index in [0.717, 1.165) is 31.6 Å². The van der Waals surface area contributed by atoms with Gasteiger partial charge in [0.05, 0.1) is 9.15 Å². The smallest absolute Gasteiger partial charge is 0.230 e. The van der Waals surface area contributed by atoms with E-state index in [1.54, 1.807) is 0 Å². The average Bonchev–Trinajstić information content (AvgIpc) is 3.12. The van der Waals surface area contributed by atoms with Gasteiger partial charge in [0.25, 0.3) is 0 Å². The van der Waals surface area contributed by atoms with Crippen molar-refractivity contribution < 1.29 is 9.18 Å². The molecule has 3 aliphatic carbocycles. The van der Waals surface area contributed by atoms with Crippen molar-refractivity contribution in [1.82, 2.24) is 4.90 Å². The zero-order valence-corrected chi connectivity index (χ0v) is 20.3. The molecule has 4 aliphatic rings. The first-order valence-corrected chi connectivity index (χ1v) is 12.2. The minimum absolute atomic E-state index is 0.0542. The second kappa shape index (κ2) is 6.69. The molecule has 0 radical (unpaired) electrons. The molecule has 0 spiro atoms. The van der Waals surface area contributed by atoms with Crippen LogP contribution in [-0.4, -0.2) is 45.5 Å². The molecule has 3 atom stereocenters. The molecule has 1 saturated heterocycles. The molecule has 1 heterocycles. The standard InChI is InChI=1S/C20H24Br3FN2O/c1-18(2)19(16(22)23)7-8-20(18,15(19)21)17(27)26-11-9-25(10-12-26)14-5-3-13(24)4-6-14/h3-6,15-16H,7-12H2,1-2H3/t15-,19+,20+/m1/s1. The Bertz CT molecular complexity index is 748. The molecule has 5 rings (SSSR count). The molecule has 3 nitrogen and oxygen atoms in total. The first kappa shape index (κ1) is 20.1. The lowest BCUT2D eigenvalue weighted by molar-refractivity contribution is -0.173. The molecule has 1 aromatic rings. The number of nitrogens with zero attached hydrogens (tertiary/aromatic N) is 2. The van der Waals surface area contributed by atoms with E-state index in [-0.39, 0.29) is 30.6 Å². The fraction of sp³-hybridized carbons (Fsp3) is 0.650. The molecule has 1 aromatic carbocycles. The van der Waals surface area contributed by atoms with Crippen LogP contribution in [0.4, 0.5) is 10.1 Å². The van der Waals surface area contributed by atoms with Crippen molar-refractivity contribution in [2.75, 3.05) is 31.1 Å². The molecule has 148 valence electrons. The zero-order chi connectivity index (χ0) is 19.6. The average molecular weight is 567 g/mol. The highest BCUT2D eigenvalue weighted by Crippen LogP contribution is 2.82. The predicted octanol–water partition coefficient (Wildman–Crippen LogP) is 5.16. The van der Waals surface area contributed by atoms with Gasteiger partial charge in [-0.05, 0) is 42.5 Å². The highest BCUT2D eigenvalue weighted by atomic mass is 79.9. The van der Waals surface area contributed by atoms with Crippen molar-refractivity contribution in [2.45, 2.75) is 35.3 Å². The number of rotatable bonds is 3. The van der Waals surface area contributed by atoms with Gasteiger partial charge >= 0.3 is 0 Å². The molecular formula is C20H24Br3FN2O. The van der Waals surface area contributed by atoms with Gasteiger partial charge in [-0.2, -0.15) is 0 Å². The first-order valence-electron chi connectivity index (χ1n) is 9.40. The molecule has 1 aliphatic heterocycles. The maximum absolute atomic E-state index is 13.6. The molecule has 3 saturated carbocycles. The number of fused-ring (bicyclic) bond motifs is 1. The van der Waals surface area contributed by atoms with Crippen LogP contribution >= 0.6 is 47.8 Å². The minimum Gasteiger partial charge on any atom is -0.368 e. The summed E-state index contributed by atoms with van der Waals surface area (Å²) in [4.78, 5) is 18.1. The van der Waals surface area contributed by atoms with E-state index in [9.17, 15) is 9.18 Å². The number of amides is 1. The topological polar surface area (TPSA) is 23.6 Å². The summed E-state index contributed by atoms with van der Waals surface area (Å²) in [6, 6.07) is 6.61. The van der Waals surface area contributed by atoms with E-state index in [4.69, 9.17) is 0 Å². The lowest BCUT2D eigenvalue weighted by Crippen LogP contribution is -2.73. The number of halogens is 4. The third-order valence-electron chi connectivity index (χ3n) is 7.63. The molecule has 0 N–H and O–H groups in total. The normalized spacial score (nSPS) is 34.7. The van der Waals surface area contributed by atoms with Crippen LogP contribution in [0.5, 0.6) is 0 Å². The number of benzene rings is 1. The Morgan fingerprint density at radius 1 is 1.11 bits per heavy atom. The van der Waals surface area contributed by atoms with Crippen LogP contribution in [0.25, 0.3) is 0 Å². The van der Waals surface area contributed by atoms with Crippen LogP contribution in [0, 0.1) is 22.1 Å². The fourth-order valence-corrected chi connectivity index (χ4v) is 10.7. The number of alkyl halides is 3. The second-order valence-electron chi connectivity index (χ2n) is 8.56. The molecule has 7 heteroatoms. The van der Waals surface area contributed by atoms with E-state index in [2.05, 4.69) is 66.5 Å². The number of anilines is 1. The second-order valence-corrected chi connectivity index (χ2v) is 12.5. The Morgan fingerprint density at radius 3 is 2.19 bits per heavy atom. The zero-order valence-electron chi connectivity index (χ0n) is 15.5. The van der Waals surface area contributed by atoms with Crippen molar-refractivity contribution in [3.63, 3.8) is 0 Å². The number of hydrogen-bond donors (Lipinski definition) is 0. The van der Waals surface area contributed by atoms with E-state index >= 15 is 0 Å². The largest absolute Gasteiger partial charge is 0.368 e. The van der Waals surface area contributed by atoms with Gasteiger partial charge in [0, 0.05) is 42.1 Å². The van der Waals surface area contributed by atoms with Crippen LogP contribution < -0.4 is 4.90 Å². The van der Waals surface area contributed by atoms with Gasteiger partial charge in [-0.25, -0.2) is 4.39 Å². The maximum atomic E-state index is 13.6. The molecule has 0 aromatic heterocycles. The van der Waals surface area contributed by atoms with Crippen molar-refractivity contribution in [3.05, 3.63) is 30.1 Å². The van der Waals surface area contributed by atoms with Crippen molar-refractivity contribution in [1.29, 1.82) is 0 Å². The molecule has 0 unspecified atom stereocenters. The summed E-state index contributed by atoms with van der Waals surface area (Å²) in [5.74, 6) is 0.0748. The predicted molar refractivity (Wildman–Crippen MR) is 117 cm³/mol. The minimum atomic E-state index is -0.329. The summed E-state index contributed by atoms with van der Waals surface area (Å²) in [7, 11) is 0. The van der Waals surface area contributed by atoms with E-state index in [1.165, 1.54) is 12.1 Å². The third kappa shape index (κ3) is 2.49. The van der Waals surface area contributed by atoms with Gasteiger partial charge in [0.15, 0.2) is 0 Å². The summed E-state index contributed by atoms with van der Waals surface area (Å²) < 4.78 is 13.3. The first-order chi connectivity index (χ1) is 12.7. The number of piperazine rings is 1. The van der Waals surface area contributed by atoms with E-state index in [0.29, 0.717) is 19.0 Å². The Balaban J connectivity index is 1.48. The summed E-state index contributed by atoms with van der Waals surface area (Å²) in [5, 5.41) is 0. The quantitative estimate of drug-likeness (QED) is 0.472. The highest BCUT2D eigenvalue weighted by molar-refractivity contribution is 9.24. The van der Waals surface area contributed by atoms with Gasteiger partial charge in [-0.3, -0.25) is 4.79 Å². The van der Waals surface area contributed by atoms with Gasteiger partial charge in [-0.15, -0.1) is 0 Å². The Hall–Kier alpha value is -0.140. The Kier molecular flexibility index (Phi) is 5.00. The van der Waals surface area contributed by atoms with Gasteiger partial charge in [0.2, 0.25) is 5.91 Å². The van der Waals surface area contributed by atoms with Gasteiger partial charge in [0.1, 0.15) is 5.82 Å². The SMILES string of the molecule is CC1(C)[C@@]2(C(=O)N3CCN(c4ccc(F)cc4)CC3)CC[C@@]1(C(Br)Br)[C@H]2Br. The molecule has 2 bridgehead atoms. The summed E-state index contributed by atoms with van der Waals surface area (Å²) in [6.45, 7) is 7.50. The number of carbonyl (C=O) groups excluding carboxylic acids is 1. The van der Waals surface area contributed by atoms with Crippen LogP contribution in [-0.2, 0) is 4.79 Å². The van der Waals surface area contributed by atoms with Crippen LogP contribution in [0.3, 0.4) is 0 Å². The third-order valence-corrected chi connectivity index (χ3v) is 10.9.